The highest BCUT2D eigenvalue weighted by atomic mass is 16.5. The van der Waals surface area contributed by atoms with Crippen LogP contribution < -0.4 is 9.47 Å². The summed E-state index contributed by atoms with van der Waals surface area (Å²) in [5, 5.41) is 10.8. The lowest BCUT2D eigenvalue weighted by molar-refractivity contribution is 0.171. The average Bonchev–Trinajstić information content (AvgIpc) is 2.82. The van der Waals surface area contributed by atoms with Gasteiger partial charge in [-0.3, -0.25) is 0 Å². The summed E-state index contributed by atoms with van der Waals surface area (Å²) >= 11 is 0. The number of benzene rings is 2. The molecule has 124 valence electrons. The predicted molar refractivity (Wildman–Crippen MR) is 94.6 cm³/mol. The van der Waals surface area contributed by atoms with Crippen LogP contribution in [0, 0.1) is 0 Å². The molecule has 3 nitrogen and oxygen atoms in total. The molecule has 2 aromatic carbocycles. The molecule has 0 heterocycles. The van der Waals surface area contributed by atoms with Crippen molar-refractivity contribution >= 4 is 5.57 Å². The molecule has 0 bridgehead atoms. The molecule has 0 radical (unpaired) electrons. The molecule has 1 unspecified atom stereocenters. The Hall–Kier alpha value is -2.26. The van der Waals surface area contributed by atoms with Crippen molar-refractivity contribution in [1.82, 2.24) is 0 Å². The van der Waals surface area contributed by atoms with E-state index in [2.05, 4.69) is 38.1 Å². The highest BCUT2D eigenvalue weighted by molar-refractivity contribution is 5.92. The zero-order valence-corrected chi connectivity index (χ0v) is 14.5. The molecule has 24 heavy (non-hydrogen) atoms. The quantitative estimate of drug-likeness (QED) is 0.899. The van der Waals surface area contributed by atoms with Crippen LogP contribution in [-0.2, 0) is 5.41 Å². The molecule has 0 amide bonds. The van der Waals surface area contributed by atoms with E-state index in [1.807, 2.05) is 12.1 Å². The van der Waals surface area contributed by atoms with Crippen LogP contribution >= 0.6 is 0 Å². The van der Waals surface area contributed by atoms with Crippen LogP contribution in [0.1, 0.15) is 48.6 Å². The second-order valence-electron chi connectivity index (χ2n) is 7.04. The number of fused-ring (bicyclic) bond motifs is 4. The SMILES string of the molecule is COc1cc2c(cc1OC)C(O)CC1=C2c2ccccc2C1(C)C. The van der Waals surface area contributed by atoms with Crippen molar-refractivity contribution in [3.63, 3.8) is 0 Å². The van der Waals surface area contributed by atoms with Gasteiger partial charge in [0.2, 0.25) is 0 Å². The van der Waals surface area contributed by atoms with Gasteiger partial charge < -0.3 is 14.6 Å². The van der Waals surface area contributed by atoms with Crippen LogP contribution in [-0.4, -0.2) is 19.3 Å². The molecule has 0 saturated heterocycles. The molecule has 0 aromatic heterocycles. The van der Waals surface area contributed by atoms with Crippen LogP contribution in [0.4, 0.5) is 0 Å². The van der Waals surface area contributed by atoms with E-state index in [0.717, 1.165) is 11.1 Å². The van der Waals surface area contributed by atoms with E-state index in [0.29, 0.717) is 17.9 Å². The van der Waals surface area contributed by atoms with Gasteiger partial charge in [-0.2, -0.15) is 0 Å². The normalized spacial score (nSPS) is 20.3. The highest BCUT2D eigenvalue weighted by Gasteiger charge is 2.42. The third-order valence-corrected chi connectivity index (χ3v) is 5.51. The Bertz CT molecular complexity index is 861. The van der Waals surface area contributed by atoms with Gasteiger partial charge in [0.1, 0.15) is 0 Å². The topological polar surface area (TPSA) is 38.7 Å². The lowest BCUT2D eigenvalue weighted by atomic mass is 9.75. The summed E-state index contributed by atoms with van der Waals surface area (Å²) in [7, 11) is 3.27. The number of ether oxygens (including phenoxy) is 2. The number of rotatable bonds is 2. The van der Waals surface area contributed by atoms with Crippen molar-refractivity contribution in [3.8, 4) is 11.5 Å². The summed E-state index contributed by atoms with van der Waals surface area (Å²) in [6.45, 7) is 4.49. The van der Waals surface area contributed by atoms with E-state index in [1.165, 1.54) is 22.3 Å². The predicted octanol–water partition coefficient (Wildman–Crippen LogP) is 4.23. The van der Waals surface area contributed by atoms with Gasteiger partial charge in [-0.1, -0.05) is 38.1 Å². The second kappa shape index (κ2) is 5.12. The zero-order valence-electron chi connectivity index (χ0n) is 14.5. The molecule has 0 saturated carbocycles. The first-order chi connectivity index (χ1) is 11.5. The smallest absolute Gasteiger partial charge is 0.161 e. The maximum absolute atomic E-state index is 10.8. The summed E-state index contributed by atoms with van der Waals surface area (Å²) in [6, 6.07) is 12.5. The lowest BCUT2D eigenvalue weighted by Gasteiger charge is -2.31. The fraction of sp³-hybridized carbons (Fsp3) is 0.333. The van der Waals surface area contributed by atoms with Gasteiger partial charge in [0, 0.05) is 11.8 Å². The Labute approximate surface area is 142 Å². The third-order valence-electron chi connectivity index (χ3n) is 5.51. The first-order valence-corrected chi connectivity index (χ1v) is 8.27. The molecule has 2 aliphatic carbocycles. The Morgan fingerprint density at radius 1 is 1.00 bits per heavy atom. The minimum atomic E-state index is -0.521. The summed E-state index contributed by atoms with van der Waals surface area (Å²) in [5.74, 6) is 1.35. The molecular formula is C21H22O3. The minimum Gasteiger partial charge on any atom is -0.493 e. The van der Waals surface area contributed by atoms with Gasteiger partial charge in [-0.15, -0.1) is 0 Å². The number of hydrogen-bond acceptors (Lipinski definition) is 3. The van der Waals surface area contributed by atoms with Crippen molar-refractivity contribution in [3.05, 3.63) is 64.2 Å². The van der Waals surface area contributed by atoms with Crippen LogP contribution in [0.15, 0.2) is 42.0 Å². The number of hydrogen-bond donors (Lipinski definition) is 1. The highest BCUT2D eigenvalue weighted by Crippen LogP contribution is 2.56. The van der Waals surface area contributed by atoms with Gasteiger partial charge in [-0.25, -0.2) is 0 Å². The monoisotopic (exact) mass is 322 g/mol. The molecule has 3 heteroatoms. The molecular weight excluding hydrogens is 300 g/mol. The third kappa shape index (κ3) is 1.88. The molecule has 0 spiro atoms. The van der Waals surface area contributed by atoms with Crippen molar-refractivity contribution in [1.29, 1.82) is 0 Å². The summed E-state index contributed by atoms with van der Waals surface area (Å²) in [4.78, 5) is 0. The number of aliphatic hydroxyl groups is 1. The van der Waals surface area contributed by atoms with Gasteiger partial charge in [0.25, 0.3) is 0 Å². The first kappa shape index (κ1) is 15.3. The van der Waals surface area contributed by atoms with E-state index >= 15 is 0 Å². The Balaban J connectivity index is 2.03. The number of aliphatic hydroxyl groups excluding tert-OH is 1. The summed E-state index contributed by atoms with van der Waals surface area (Å²) in [6.07, 6.45) is 0.131. The van der Waals surface area contributed by atoms with Gasteiger partial charge in [-0.05, 0) is 45.5 Å². The van der Waals surface area contributed by atoms with Gasteiger partial charge >= 0.3 is 0 Å². The summed E-state index contributed by atoms with van der Waals surface area (Å²) in [5.41, 5.74) is 7.03. The van der Waals surface area contributed by atoms with E-state index in [-0.39, 0.29) is 5.41 Å². The Kier molecular flexibility index (Phi) is 3.26. The van der Waals surface area contributed by atoms with Crippen LogP contribution in [0.5, 0.6) is 11.5 Å². The first-order valence-electron chi connectivity index (χ1n) is 8.27. The van der Waals surface area contributed by atoms with E-state index < -0.39 is 6.10 Å². The molecule has 1 N–H and O–H groups in total. The van der Waals surface area contributed by atoms with Gasteiger partial charge in [0.05, 0.1) is 20.3 Å². The second-order valence-corrected chi connectivity index (χ2v) is 7.04. The molecule has 0 aliphatic heterocycles. The van der Waals surface area contributed by atoms with Crippen LogP contribution in [0.2, 0.25) is 0 Å². The van der Waals surface area contributed by atoms with Crippen molar-refractivity contribution in [2.75, 3.05) is 14.2 Å². The van der Waals surface area contributed by atoms with E-state index in [1.54, 1.807) is 14.2 Å². The Morgan fingerprint density at radius 2 is 1.67 bits per heavy atom. The van der Waals surface area contributed by atoms with Crippen LogP contribution in [0.3, 0.4) is 0 Å². The fourth-order valence-electron chi connectivity index (χ4n) is 4.24. The van der Waals surface area contributed by atoms with Crippen LogP contribution in [0.25, 0.3) is 5.57 Å². The summed E-state index contributed by atoms with van der Waals surface area (Å²) < 4.78 is 10.9. The van der Waals surface area contributed by atoms with E-state index in [4.69, 9.17) is 9.47 Å². The zero-order chi connectivity index (χ0) is 17.1. The largest absolute Gasteiger partial charge is 0.493 e. The van der Waals surface area contributed by atoms with Crippen molar-refractivity contribution < 1.29 is 14.6 Å². The van der Waals surface area contributed by atoms with Crippen molar-refractivity contribution in [2.24, 2.45) is 0 Å². The Morgan fingerprint density at radius 3 is 2.38 bits per heavy atom. The molecule has 4 rings (SSSR count). The lowest BCUT2D eigenvalue weighted by Crippen LogP contribution is -2.21. The molecule has 2 aromatic rings. The standard InChI is InChI=1S/C21H22O3/c1-21(2)15-8-6-5-7-12(15)20-14-10-19(24-4)18(23-3)9-13(14)17(22)11-16(20)21/h5-10,17,22H,11H2,1-4H3. The molecule has 0 fully saturated rings. The average molecular weight is 322 g/mol. The van der Waals surface area contributed by atoms with Crippen molar-refractivity contribution in [2.45, 2.75) is 31.8 Å². The minimum absolute atomic E-state index is 0.0717. The van der Waals surface area contributed by atoms with E-state index in [9.17, 15) is 5.11 Å². The number of methoxy groups -OCH3 is 2. The maximum Gasteiger partial charge on any atom is 0.161 e. The molecule has 1 atom stereocenters. The fourth-order valence-corrected chi connectivity index (χ4v) is 4.24. The molecule has 2 aliphatic rings. The maximum atomic E-state index is 10.8. The van der Waals surface area contributed by atoms with Gasteiger partial charge in [0.15, 0.2) is 11.5 Å².